The minimum atomic E-state index is 0.0855. The lowest BCUT2D eigenvalue weighted by molar-refractivity contribution is 0.282. The quantitative estimate of drug-likeness (QED) is 0.837. The molecule has 100 valence electrons. The molecule has 4 heteroatoms. The Morgan fingerprint density at radius 1 is 1.42 bits per heavy atom. The molecule has 3 rings (SSSR count). The van der Waals surface area contributed by atoms with Crippen molar-refractivity contribution in [3.8, 4) is 16.3 Å². The van der Waals surface area contributed by atoms with E-state index in [1.54, 1.807) is 23.5 Å². The van der Waals surface area contributed by atoms with Crippen LogP contribution in [0.2, 0.25) is 0 Å². The molecule has 19 heavy (non-hydrogen) atoms. The second kappa shape index (κ2) is 4.32. The zero-order valence-corrected chi connectivity index (χ0v) is 12.0. The van der Waals surface area contributed by atoms with Crippen molar-refractivity contribution in [2.75, 3.05) is 0 Å². The van der Waals surface area contributed by atoms with Gasteiger partial charge in [-0.1, -0.05) is 26.0 Å². The van der Waals surface area contributed by atoms with Crippen molar-refractivity contribution in [2.45, 2.75) is 32.7 Å². The van der Waals surface area contributed by atoms with Crippen LogP contribution in [0.5, 0.6) is 5.75 Å². The lowest BCUT2D eigenvalue weighted by Crippen LogP contribution is -2.28. The third-order valence-corrected chi connectivity index (χ3v) is 4.85. The molecule has 0 fully saturated rings. The second-order valence-corrected chi connectivity index (χ2v) is 7.06. The number of benzene rings is 1. The molecule has 1 atom stereocenters. The maximum Gasteiger partial charge on any atom is 0.124 e. The summed E-state index contributed by atoms with van der Waals surface area (Å²) < 4.78 is 0. The Bertz CT molecular complexity index is 618. The maximum atomic E-state index is 9.56. The Hall–Kier alpha value is -1.39. The number of hydrogen-bond donors (Lipinski definition) is 2. The highest BCUT2D eigenvalue weighted by molar-refractivity contribution is 7.15. The topological polar surface area (TPSA) is 59.1 Å². The molecule has 0 spiro atoms. The molecule has 0 saturated carbocycles. The van der Waals surface area contributed by atoms with Crippen molar-refractivity contribution in [1.29, 1.82) is 0 Å². The molecule has 3 N–H and O–H groups in total. The zero-order valence-electron chi connectivity index (χ0n) is 11.2. The Balaban J connectivity index is 2.04. The van der Waals surface area contributed by atoms with E-state index in [0.717, 1.165) is 29.1 Å². The number of phenolic OH excluding ortho intramolecular Hbond substituents is 1. The fourth-order valence-electron chi connectivity index (χ4n) is 2.76. The zero-order chi connectivity index (χ0) is 13.6. The summed E-state index contributed by atoms with van der Waals surface area (Å²) in [7, 11) is 0. The highest BCUT2D eigenvalue weighted by Gasteiger charge is 2.33. The summed E-state index contributed by atoms with van der Waals surface area (Å²) in [6.07, 6.45) is 1.98. The van der Waals surface area contributed by atoms with E-state index in [0.29, 0.717) is 0 Å². The fourth-order valence-corrected chi connectivity index (χ4v) is 3.84. The summed E-state index contributed by atoms with van der Waals surface area (Å²) in [5.41, 5.74) is 8.58. The standard InChI is InChI=1S/C15H18N2OS/c1-15(2)7-11(16)13-12(8-15)17-14(19-13)9-4-3-5-10(18)6-9/h3-6,11,18H,7-8,16H2,1-2H3. The van der Waals surface area contributed by atoms with E-state index in [1.807, 2.05) is 12.1 Å². The first-order chi connectivity index (χ1) is 8.94. The number of nitrogens with two attached hydrogens (primary N) is 1. The van der Waals surface area contributed by atoms with Crippen LogP contribution in [0.15, 0.2) is 24.3 Å². The summed E-state index contributed by atoms with van der Waals surface area (Å²) in [6.45, 7) is 4.48. The second-order valence-electron chi connectivity index (χ2n) is 6.03. The van der Waals surface area contributed by atoms with Gasteiger partial charge < -0.3 is 10.8 Å². The molecule has 3 nitrogen and oxygen atoms in total. The van der Waals surface area contributed by atoms with Gasteiger partial charge in [0.05, 0.1) is 5.69 Å². The molecule has 1 heterocycles. The Kier molecular flexibility index (Phi) is 2.87. The normalized spacial score (nSPS) is 21.1. The molecular formula is C15H18N2OS. The summed E-state index contributed by atoms with van der Waals surface area (Å²) in [4.78, 5) is 5.94. The number of phenols is 1. The van der Waals surface area contributed by atoms with Crippen LogP contribution in [0.1, 0.15) is 36.9 Å². The summed E-state index contributed by atoms with van der Waals surface area (Å²) >= 11 is 1.66. The molecule has 2 aromatic rings. The van der Waals surface area contributed by atoms with Gasteiger partial charge in [-0.15, -0.1) is 11.3 Å². The molecule has 1 aliphatic carbocycles. The number of nitrogens with zero attached hydrogens (tertiary/aromatic N) is 1. The number of aromatic hydroxyl groups is 1. The van der Waals surface area contributed by atoms with E-state index >= 15 is 0 Å². The van der Waals surface area contributed by atoms with E-state index in [-0.39, 0.29) is 17.2 Å². The lowest BCUT2D eigenvalue weighted by Gasteiger charge is -2.32. The molecule has 1 aliphatic rings. The Labute approximate surface area is 117 Å². The first-order valence-corrected chi connectivity index (χ1v) is 7.31. The van der Waals surface area contributed by atoms with E-state index in [1.165, 1.54) is 4.88 Å². The van der Waals surface area contributed by atoms with Gasteiger partial charge in [0.1, 0.15) is 10.8 Å². The van der Waals surface area contributed by atoms with Crippen LogP contribution in [0.25, 0.3) is 10.6 Å². The molecule has 0 bridgehead atoms. The van der Waals surface area contributed by atoms with Gasteiger partial charge in [-0.25, -0.2) is 4.98 Å². The molecule has 0 radical (unpaired) electrons. The van der Waals surface area contributed by atoms with Crippen LogP contribution in [0.4, 0.5) is 0 Å². The smallest absolute Gasteiger partial charge is 0.124 e. The molecule has 0 aliphatic heterocycles. The highest BCUT2D eigenvalue weighted by Crippen LogP contribution is 2.43. The van der Waals surface area contributed by atoms with Crippen molar-refractivity contribution >= 4 is 11.3 Å². The number of aromatic nitrogens is 1. The number of hydrogen-bond acceptors (Lipinski definition) is 4. The molecule has 0 saturated heterocycles. The van der Waals surface area contributed by atoms with Gasteiger partial charge in [-0.3, -0.25) is 0 Å². The molecule has 1 aromatic heterocycles. The minimum Gasteiger partial charge on any atom is -0.508 e. The Morgan fingerprint density at radius 2 is 2.21 bits per heavy atom. The summed E-state index contributed by atoms with van der Waals surface area (Å²) in [5, 5.41) is 10.5. The van der Waals surface area contributed by atoms with Crippen molar-refractivity contribution in [2.24, 2.45) is 11.1 Å². The average Bonchev–Trinajstić information content (AvgIpc) is 2.71. The third-order valence-electron chi connectivity index (χ3n) is 3.58. The Morgan fingerprint density at radius 3 is 2.95 bits per heavy atom. The van der Waals surface area contributed by atoms with Crippen LogP contribution in [0, 0.1) is 5.41 Å². The molecular weight excluding hydrogens is 256 g/mol. The predicted octanol–water partition coefficient (Wildman–Crippen LogP) is 3.49. The van der Waals surface area contributed by atoms with Gasteiger partial charge >= 0.3 is 0 Å². The van der Waals surface area contributed by atoms with E-state index in [2.05, 4.69) is 13.8 Å². The monoisotopic (exact) mass is 274 g/mol. The van der Waals surface area contributed by atoms with Gasteiger partial charge in [0.2, 0.25) is 0 Å². The van der Waals surface area contributed by atoms with Crippen LogP contribution >= 0.6 is 11.3 Å². The van der Waals surface area contributed by atoms with Crippen molar-refractivity contribution in [3.63, 3.8) is 0 Å². The number of rotatable bonds is 1. The van der Waals surface area contributed by atoms with Crippen molar-refractivity contribution in [1.82, 2.24) is 4.98 Å². The minimum absolute atomic E-state index is 0.0855. The highest BCUT2D eigenvalue weighted by atomic mass is 32.1. The summed E-state index contributed by atoms with van der Waals surface area (Å²) in [5.74, 6) is 0.273. The number of thiazole rings is 1. The van der Waals surface area contributed by atoms with Crippen LogP contribution in [-0.4, -0.2) is 10.1 Å². The van der Waals surface area contributed by atoms with Crippen LogP contribution in [-0.2, 0) is 6.42 Å². The fraction of sp³-hybridized carbons (Fsp3) is 0.400. The predicted molar refractivity (Wildman–Crippen MR) is 78.2 cm³/mol. The maximum absolute atomic E-state index is 9.56. The lowest BCUT2D eigenvalue weighted by atomic mass is 9.77. The molecule has 0 amide bonds. The SMILES string of the molecule is CC1(C)Cc2nc(-c3cccc(O)c3)sc2C(N)C1. The molecule has 1 aromatic carbocycles. The number of fused-ring (bicyclic) bond motifs is 1. The van der Waals surface area contributed by atoms with E-state index < -0.39 is 0 Å². The first-order valence-electron chi connectivity index (χ1n) is 6.49. The van der Waals surface area contributed by atoms with Gasteiger partial charge in [-0.05, 0) is 30.4 Å². The van der Waals surface area contributed by atoms with Crippen LogP contribution in [0.3, 0.4) is 0 Å². The van der Waals surface area contributed by atoms with Gasteiger partial charge in [0.25, 0.3) is 0 Å². The summed E-state index contributed by atoms with van der Waals surface area (Å²) in [6, 6.07) is 7.32. The van der Waals surface area contributed by atoms with Crippen molar-refractivity contribution in [3.05, 3.63) is 34.8 Å². The van der Waals surface area contributed by atoms with Crippen LogP contribution < -0.4 is 5.73 Å². The van der Waals surface area contributed by atoms with Gasteiger partial charge in [0.15, 0.2) is 0 Å². The largest absolute Gasteiger partial charge is 0.508 e. The van der Waals surface area contributed by atoms with Crippen molar-refractivity contribution < 1.29 is 5.11 Å². The van der Waals surface area contributed by atoms with E-state index in [9.17, 15) is 5.11 Å². The molecule has 1 unspecified atom stereocenters. The third kappa shape index (κ3) is 2.38. The van der Waals surface area contributed by atoms with Gasteiger partial charge in [0, 0.05) is 16.5 Å². The first kappa shape index (κ1) is 12.6. The average molecular weight is 274 g/mol. The van der Waals surface area contributed by atoms with Gasteiger partial charge in [-0.2, -0.15) is 0 Å². The van der Waals surface area contributed by atoms with E-state index in [4.69, 9.17) is 10.7 Å².